The lowest BCUT2D eigenvalue weighted by Gasteiger charge is -2.04. The molecule has 0 radical (unpaired) electrons. The summed E-state index contributed by atoms with van der Waals surface area (Å²) in [5, 5.41) is 6.67. The van der Waals surface area contributed by atoms with Crippen molar-refractivity contribution in [2.24, 2.45) is 0 Å². The molecule has 0 aliphatic rings. The molecule has 0 spiro atoms. The number of hydrogen-bond acceptors (Lipinski definition) is 4. The Balaban J connectivity index is 1.99. The lowest BCUT2D eigenvalue weighted by Crippen LogP contribution is -2.05. The summed E-state index contributed by atoms with van der Waals surface area (Å²) in [6, 6.07) is 8.57. The van der Waals surface area contributed by atoms with E-state index in [4.69, 9.17) is 22.1 Å². The molecule has 88 valence electrons. The van der Waals surface area contributed by atoms with Gasteiger partial charge in [0.1, 0.15) is 18.1 Å². The molecule has 0 atom stereocenters. The summed E-state index contributed by atoms with van der Waals surface area (Å²) in [5.74, 6) is -0.274. The lowest BCUT2D eigenvalue weighted by atomic mass is 10.2. The van der Waals surface area contributed by atoms with Crippen LogP contribution in [-0.2, 0) is 11.3 Å². The predicted molar refractivity (Wildman–Crippen MR) is 63.6 cm³/mol. The molecule has 0 bridgehead atoms. The number of nitrogen functional groups attached to an aromatic ring is 1. The fraction of sp³-hybridized carbons (Fsp3) is 0.0909. The van der Waals surface area contributed by atoms with Crippen LogP contribution in [0, 0.1) is 0 Å². The van der Waals surface area contributed by atoms with Gasteiger partial charge >= 0.3 is 5.97 Å². The quantitative estimate of drug-likeness (QED) is 0.818. The number of aromatic amines is 1. The molecule has 0 fully saturated rings. The molecule has 0 saturated heterocycles. The van der Waals surface area contributed by atoms with E-state index < -0.39 is 5.97 Å². The van der Waals surface area contributed by atoms with Gasteiger partial charge in [0.25, 0.3) is 0 Å². The van der Waals surface area contributed by atoms with E-state index in [0.717, 1.165) is 5.56 Å². The summed E-state index contributed by atoms with van der Waals surface area (Å²) in [5.41, 5.74) is 6.34. The Kier molecular flexibility index (Phi) is 3.30. The van der Waals surface area contributed by atoms with Crippen LogP contribution in [0.2, 0.25) is 5.02 Å². The summed E-state index contributed by atoms with van der Waals surface area (Å²) in [7, 11) is 0. The summed E-state index contributed by atoms with van der Waals surface area (Å²) in [6.45, 7) is 0.109. The van der Waals surface area contributed by atoms with E-state index in [1.807, 2.05) is 12.1 Å². The number of aromatic nitrogens is 2. The number of nitrogens with zero attached hydrogens (tertiary/aromatic N) is 1. The van der Waals surface area contributed by atoms with Crippen LogP contribution in [0.25, 0.3) is 0 Å². The van der Waals surface area contributed by atoms with Crippen LogP contribution < -0.4 is 5.73 Å². The predicted octanol–water partition coefficient (Wildman–Crippen LogP) is 2.00. The Morgan fingerprint density at radius 2 is 2.24 bits per heavy atom. The van der Waals surface area contributed by atoms with E-state index in [2.05, 4.69) is 10.2 Å². The highest BCUT2D eigenvalue weighted by atomic mass is 35.5. The second kappa shape index (κ2) is 4.88. The molecule has 0 aliphatic carbocycles. The Hall–Kier alpha value is -2.01. The van der Waals surface area contributed by atoms with Crippen LogP contribution in [0.3, 0.4) is 0 Å². The van der Waals surface area contributed by atoms with Gasteiger partial charge in [0.15, 0.2) is 0 Å². The summed E-state index contributed by atoms with van der Waals surface area (Å²) < 4.78 is 5.06. The van der Waals surface area contributed by atoms with Crippen molar-refractivity contribution in [2.45, 2.75) is 6.61 Å². The number of H-pyrrole nitrogens is 1. The first-order valence-electron chi connectivity index (χ1n) is 4.88. The van der Waals surface area contributed by atoms with Gasteiger partial charge in [0, 0.05) is 16.7 Å². The van der Waals surface area contributed by atoms with Gasteiger partial charge in [-0.2, -0.15) is 5.10 Å². The van der Waals surface area contributed by atoms with Gasteiger partial charge in [0.2, 0.25) is 0 Å². The third-order valence-corrected chi connectivity index (χ3v) is 2.50. The number of carbonyl (C=O) groups is 1. The molecule has 1 aromatic carbocycles. The van der Waals surface area contributed by atoms with E-state index in [0.29, 0.717) is 5.02 Å². The van der Waals surface area contributed by atoms with Crippen LogP contribution in [0.15, 0.2) is 30.3 Å². The number of carbonyl (C=O) groups excluding carboxylic acids is 1. The van der Waals surface area contributed by atoms with Crippen molar-refractivity contribution in [3.8, 4) is 0 Å². The average Bonchev–Trinajstić information content (AvgIpc) is 2.74. The third kappa shape index (κ3) is 2.76. The highest BCUT2D eigenvalue weighted by Crippen LogP contribution is 2.16. The van der Waals surface area contributed by atoms with Crippen LogP contribution in [-0.4, -0.2) is 16.2 Å². The van der Waals surface area contributed by atoms with Crippen LogP contribution in [0.5, 0.6) is 0 Å². The second-order valence-corrected chi connectivity index (χ2v) is 3.78. The van der Waals surface area contributed by atoms with E-state index in [-0.39, 0.29) is 18.1 Å². The molecule has 1 aromatic heterocycles. The Morgan fingerprint density at radius 3 is 2.88 bits per heavy atom. The molecular formula is C11H10ClN3O2. The number of esters is 1. The number of halogens is 1. The van der Waals surface area contributed by atoms with Crippen molar-refractivity contribution in [3.05, 3.63) is 46.6 Å². The molecule has 1 heterocycles. The first-order valence-corrected chi connectivity index (χ1v) is 5.26. The number of benzene rings is 1. The van der Waals surface area contributed by atoms with Crippen LogP contribution in [0.4, 0.5) is 5.82 Å². The molecule has 6 heteroatoms. The first kappa shape index (κ1) is 11.5. The lowest BCUT2D eigenvalue weighted by molar-refractivity contribution is 0.0466. The molecule has 3 N–H and O–H groups in total. The van der Waals surface area contributed by atoms with Crippen molar-refractivity contribution in [1.82, 2.24) is 10.2 Å². The maximum absolute atomic E-state index is 11.6. The minimum atomic E-state index is -0.519. The molecule has 2 aromatic rings. The molecule has 0 unspecified atom stereocenters. The van der Waals surface area contributed by atoms with Crippen molar-refractivity contribution in [2.75, 3.05) is 5.73 Å². The van der Waals surface area contributed by atoms with Crippen LogP contribution in [0.1, 0.15) is 16.1 Å². The largest absolute Gasteiger partial charge is 0.456 e. The van der Waals surface area contributed by atoms with Gasteiger partial charge in [-0.05, 0) is 6.07 Å². The van der Waals surface area contributed by atoms with Gasteiger partial charge in [-0.1, -0.05) is 29.8 Å². The number of anilines is 1. The molecular weight excluding hydrogens is 242 g/mol. The van der Waals surface area contributed by atoms with Crippen molar-refractivity contribution in [1.29, 1.82) is 0 Å². The molecule has 0 aliphatic heterocycles. The van der Waals surface area contributed by atoms with Gasteiger partial charge in [0.05, 0.1) is 0 Å². The highest BCUT2D eigenvalue weighted by Gasteiger charge is 2.11. The second-order valence-electron chi connectivity index (χ2n) is 3.37. The minimum Gasteiger partial charge on any atom is -0.456 e. The number of nitrogens with one attached hydrogen (secondary N) is 1. The summed E-state index contributed by atoms with van der Waals surface area (Å²) in [4.78, 5) is 11.6. The maximum atomic E-state index is 11.6. The van der Waals surface area contributed by atoms with Gasteiger partial charge in [-0.3, -0.25) is 5.10 Å². The minimum absolute atomic E-state index is 0.109. The molecule has 2 rings (SSSR count). The average molecular weight is 252 g/mol. The Morgan fingerprint density at radius 1 is 1.47 bits per heavy atom. The molecule has 0 saturated carbocycles. The van der Waals surface area contributed by atoms with Crippen LogP contribution >= 0.6 is 11.6 Å². The normalized spacial score (nSPS) is 10.2. The van der Waals surface area contributed by atoms with Gasteiger partial charge in [-0.25, -0.2) is 4.79 Å². The number of nitrogens with two attached hydrogens (primary N) is 1. The third-order valence-electron chi connectivity index (χ3n) is 2.13. The zero-order valence-corrected chi connectivity index (χ0v) is 9.57. The number of ether oxygens (including phenoxy) is 1. The van der Waals surface area contributed by atoms with E-state index >= 15 is 0 Å². The zero-order chi connectivity index (χ0) is 12.3. The fourth-order valence-electron chi connectivity index (χ4n) is 1.28. The molecule has 0 amide bonds. The number of rotatable bonds is 3. The Labute approximate surface area is 103 Å². The highest BCUT2D eigenvalue weighted by molar-refractivity contribution is 6.31. The number of hydrogen-bond donors (Lipinski definition) is 2. The van der Waals surface area contributed by atoms with Crippen molar-refractivity contribution < 1.29 is 9.53 Å². The standard InChI is InChI=1S/C11H10ClN3O2/c12-8-4-2-1-3-7(8)6-17-11(16)9-5-10(13)15-14-9/h1-5H,6H2,(H3,13,14,15). The van der Waals surface area contributed by atoms with Crippen molar-refractivity contribution in [3.63, 3.8) is 0 Å². The fourth-order valence-corrected chi connectivity index (χ4v) is 1.47. The molecule has 5 nitrogen and oxygen atoms in total. The maximum Gasteiger partial charge on any atom is 0.356 e. The SMILES string of the molecule is Nc1cc(C(=O)OCc2ccccc2Cl)[nH]n1. The monoisotopic (exact) mass is 251 g/mol. The van der Waals surface area contributed by atoms with Gasteiger partial charge in [-0.15, -0.1) is 0 Å². The van der Waals surface area contributed by atoms with E-state index in [1.54, 1.807) is 12.1 Å². The first-order chi connectivity index (χ1) is 8.16. The van der Waals surface area contributed by atoms with Gasteiger partial charge < -0.3 is 10.5 Å². The summed E-state index contributed by atoms with van der Waals surface area (Å²) in [6.07, 6.45) is 0. The zero-order valence-electron chi connectivity index (χ0n) is 8.81. The molecule has 17 heavy (non-hydrogen) atoms. The Bertz CT molecular complexity index is 539. The van der Waals surface area contributed by atoms with E-state index in [9.17, 15) is 4.79 Å². The summed E-state index contributed by atoms with van der Waals surface area (Å²) >= 11 is 5.93. The van der Waals surface area contributed by atoms with E-state index in [1.165, 1.54) is 6.07 Å². The van der Waals surface area contributed by atoms with Crippen molar-refractivity contribution >= 4 is 23.4 Å². The smallest absolute Gasteiger partial charge is 0.356 e. The topological polar surface area (TPSA) is 81.0 Å².